The Morgan fingerprint density at radius 3 is 2.68 bits per heavy atom. The van der Waals surface area contributed by atoms with Crippen molar-refractivity contribution in [2.24, 2.45) is 0 Å². The van der Waals surface area contributed by atoms with Crippen LogP contribution >= 0.6 is 0 Å². The van der Waals surface area contributed by atoms with Crippen LogP contribution in [0.1, 0.15) is 33.1 Å². The van der Waals surface area contributed by atoms with Crippen LogP contribution in [0.2, 0.25) is 0 Å². The summed E-state index contributed by atoms with van der Waals surface area (Å²) >= 11 is 0. The third-order valence-electron chi connectivity index (χ3n) is 3.48. The number of hydrogen-bond donors (Lipinski definition) is 2. The van der Waals surface area contributed by atoms with E-state index in [-0.39, 0.29) is 0 Å². The summed E-state index contributed by atoms with van der Waals surface area (Å²) in [6.07, 6.45) is 4.09. The Bertz CT molecular complexity index is 374. The molecule has 4 heteroatoms. The Morgan fingerprint density at radius 1 is 1.21 bits per heavy atom. The van der Waals surface area contributed by atoms with E-state index < -0.39 is 0 Å². The lowest BCUT2D eigenvalue weighted by atomic mass is 10.1. The van der Waals surface area contributed by atoms with Gasteiger partial charge in [-0.2, -0.15) is 0 Å². The van der Waals surface area contributed by atoms with Crippen LogP contribution < -0.4 is 10.6 Å². The van der Waals surface area contributed by atoms with E-state index in [2.05, 4.69) is 34.4 Å². The van der Waals surface area contributed by atoms with E-state index in [0.29, 0.717) is 6.04 Å². The fourth-order valence-electron chi connectivity index (χ4n) is 2.62. The van der Waals surface area contributed by atoms with Crippen LogP contribution in [0.25, 0.3) is 0 Å². The van der Waals surface area contributed by atoms with Crippen molar-refractivity contribution in [1.82, 2.24) is 9.88 Å². The number of nitrogens with zero attached hydrogens (tertiary/aromatic N) is 2. The van der Waals surface area contributed by atoms with Gasteiger partial charge in [0.25, 0.3) is 0 Å². The minimum atomic E-state index is 0.433. The third-order valence-corrected chi connectivity index (χ3v) is 3.48. The molecule has 0 saturated carbocycles. The van der Waals surface area contributed by atoms with Gasteiger partial charge in [-0.25, -0.2) is 4.98 Å². The smallest absolute Gasteiger partial charge is 0.128 e. The van der Waals surface area contributed by atoms with Gasteiger partial charge in [-0.3, -0.25) is 0 Å². The lowest BCUT2D eigenvalue weighted by Gasteiger charge is -2.29. The molecule has 1 saturated heterocycles. The highest BCUT2D eigenvalue weighted by atomic mass is 15.2. The molecule has 1 aromatic heterocycles. The van der Waals surface area contributed by atoms with Gasteiger partial charge >= 0.3 is 0 Å². The molecule has 0 amide bonds. The van der Waals surface area contributed by atoms with Crippen molar-refractivity contribution < 1.29 is 0 Å². The van der Waals surface area contributed by atoms with Crippen molar-refractivity contribution in [1.29, 1.82) is 0 Å². The number of likely N-dealkylation sites (tertiary alicyclic amines) is 1. The lowest BCUT2D eigenvalue weighted by Crippen LogP contribution is -2.38. The molecule has 2 heterocycles. The molecule has 0 radical (unpaired) electrons. The van der Waals surface area contributed by atoms with Gasteiger partial charge in [-0.05, 0) is 51.9 Å². The highest BCUT2D eigenvalue weighted by Gasteiger charge is 2.13. The molecule has 0 spiro atoms. The Balaban J connectivity index is 1.83. The molecule has 2 rings (SSSR count). The second-order valence-corrected chi connectivity index (χ2v) is 5.35. The first kappa shape index (κ1) is 14.1. The van der Waals surface area contributed by atoms with Crippen molar-refractivity contribution in [3.05, 3.63) is 18.2 Å². The molecule has 1 aliphatic rings. The number of aromatic nitrogens is 1. The number of piperidine rings is 1. The van der Waals surface area contributed by atoms with Crippen molar-refractivity contribution in [2.45, 2.75) is 39.2 Å². The highest BCUT2D eigenvalue weighted by molar-refractivity contribution is 5.45. The largest absolute Gasteiger partial charge is 0.370 e. The van der Waals surface area contributed by atoms with Crippen LogP contribution in [0.3, 0.4) is 0 Å². The molecule has 19 heavy (non-hydrogen) atoms. The first-order chi connectivity index (χ1) is 9.28. The van der Waals surface area contributed by atoms with Gasteiger partial charge in [0.1, 0.15) is 11.6 Å². The average molecular weight is 262 g/mol. The van der Waals surface area contributed by atoms with E-state index in [1.54, 1.807) is 0 Å². The normalized spacial score (nSPS) is 18.0. The predicted molar refractivity (Wildman–Crippen MR) is 81.8 cm³/mol. The first-order valence-electron chi connectivity index (χ1n) is 7.47. The summed E-state index contributed by atoms with van der Waals surface area (Å²) in [6.45, 7) is 8.82. The summed E-state index contributed by atoms with van der Waals surface area (Å²) in [5.74, 6) is 1.90. The molecule has 1 unspecified atom stereocenters. The van der Waals surface area contributed by atoms with E-state index >= 15 is 0 Å². The Hall–Kier alpha value is -1.29. The minimum Gasteiger partial charge on any atom is -0.370 e. The third kappa shape index (κ3) is 4.71. The molecular weight excluding hydrogens is 236 g/mol. The van der Waals surface area contributed by atoms with Gasteiger partial charge in [-0.15, -0.1) is 0 Å². The first-order valence-corrected chi connectivity index (χ1v) is 7.47. The van der Waals surface area contributed by atoms with Gasteiger partial charge in [-0.1, -0.05) is 12.5 Å². The molecule has 0 bridgehead atoms. The fraction of sp³-hybridized carbons (Fsp3) is 0.667. The Labute approximate surface area is 116 Å². The van der Waals surface area contributed by atoms with Crippen molar-refractivity contribution >= 4 is 11.6 Å². The van der Waals surface area contributed by atoms with E-state index in [1.807, 2.05) is 18.2 Å². The van der Waals surface area contributed by atoms with E-state index in [9.17, 15) is 0 Å². The maximum Gasteiger partial charge on any atom is 0.128 e. The number of rotatable bonds is 6. The van der Waals surface area contributed by atoms with Crippen molar-refractivity contribution in [3.63, 3.8) is 0 Å². The van der Waals surface area contributed by atoms with Gasteiger partial charge in [0.15, 0.2) is 0 Å². The second kappa shape index (κ2) is 7.34. The summed E-state index contributed by atoms with van der Waals surface area (Å²) in [7, 11) is 0. The van der Waals surface area contributed by atoms with Gasteiger partial charge in [0, 0.05) is 19.1 Å². The van der Waals surface area contributed by atoms with Crippen LogP contribution in [0.5, 0.6) is 0 Å². The topological polar surface area (TPSA) is 40.2 Å². The molecule has 1 aliphatic heterocycles. The Kier molecular flexibility index (Phi) is 5.45. The number of pyridine rings is 1. The highest BCUT2D eigenvalue weighted by Crippen LogP contribution is 2.12. The zero-order chi connectivity index (χ0) is 13.5. The van der Waals surface area contributed by atoms with Crippen LogP contribution in [0.15, 0.2) is 18.2 Å². The second-order valence-electron chi connectivity index (χ2n) is 5.35. The SMILES string of the molecule is CCNc1cccc(NC(C)CN2CCCCC2)n1. The lowest BCUT2D eigenvalue weighted by molar-refractivity contribution is 0.223. The molecular formula is C15H26N4. The average Bonchev–Trinajstić information content (AvgIpc) is 2.40. The molecule has 1 fully saturated rings. The number of hydrogen-bond acceptors (Lipinski definition) is 4. The molecule has 0 aromatic carbocycles. The van der Waals surface area contributed by atoms with Crippen LogP contribution in [0.4, 0.5) is 11.6 Å². The van der Waals surface area contributed by atoms with Crippen molar-refractivity contribution in [2.75, 3.05) is 36.8 Å². The summed E-state index contributed by atoms with van der Waals surface area (Å²) < 4.78 is 0. The monoisotopic (exact) mass is 262 g/mol. The molecule has 1 aromatic rings. The Morgan fingerprint density at radius 2 is 1.95 bits per heavy atom. The fourth-order valence-corrected chi connectivity index (χ4v) is 2.62. The predicted octanol–water partition coefficient (Wildman–Crippen LogP) is 2.80. The standard InChI is InChI=1S/C15H26N4/c1-3-16-14-8-7-9-15(18-14)17-13(2)12-19-10-5-4-6-11-19/h7-9,13H,3-6,10-12H2,1-2H3,(H2,16,17,18). The zero-order valence-corrected chi connectivity index (χ0v) is 12.2. The summed E-state index contributed by atoms with van der Waals surface area (Å²) in [5, 5.41) is 6.74. The quantitative estimate of drug-likeness (QED) is 0.827. The van der Waals surface area contributed by atoms with E-state index in [0.717, 1.165) is 24.7 Å². The van der Waals surface area contributed by atoms with Gasteiger partial charge in [0.2, 0.25) is 0 Å². The maximum atomic E-state index is 4.55. The molecule has 2 N–H and O–H groups in total. The number of anilines is 2. The molecule has 4 nitrogen and oxygen atoms in total. The van der Waals surface area contributed by atoms with Gasteiger partial charge < -0.3 is 15.5 Å². The van der Waals surface area contributed by atoms with Crippen LogP contribution in [-0.2, 0) is 0 Å². The minimum absolute atomic E-state index is 0.433. The van der Waals surface area contributed by atoms with Crippen molar-refractivity contribution in [3.8, 4) is 0 Å². The summed E-state index contributed by atoms with van der Waals surface area (Å²) in [4.78, 5) is 7.11. The maximum absolute atomic E-state index is 4.55. The van der Waals surface area contributed by atoms with Crippen LogP contribution in [0, 0.1) is 0 Å². The molecule has 1 atom stereocenters. The number of nitrogens with one attached hydrogen (secondary N) is 2. The van der Waals surface area contributed by atoms with Gasteiger partial charge in [0.05, 0.1) is 0 Å². The summed E-state index contributed by atoms with van der Waals surface area (Å²) in [6, 6.07) is 6.51. The molecule has 0 aliphatic carbocycles. The zero-order valence-electron chi connectivity index (χ0n) is 12.2. The van der Waals surface area contributed by atoms with E-state index in [4.69, 9.17) is 0 Å². The van der Waals surface area contributed by atoms with Crippen LogP contribution in [-0.4, -0.2) is 42.1 Å². The molecule has 106 valence electrons. The van der Waals surface area contributed by atoms with E-state index in [1.165, 1.54) is 32.4 Å². The summed E-state index contributed by atoms with van der Waals surface area (Å²) in [5.41, 5.74) is 0.